The number of esters is 1. The standard InChI is InChI=1S/C21H20FN3O4/c1-14(20(27)23-12-15-6-8-16(22)9-7-15)29-19(26)10-11-25-13-24-18-5-3-2-4-17(18)21(25)28/h2-9,13-14H,10-12H2,1H3,(H,23,27). The SMILES string of the molecule is CC(OC(=O)CCn1cnc2ccccc2c1=O)C(=O)NCc1ccc(F)cc1. The first kappa shape index (κ1) is 20.2. The van der Waals surface area contributed by atoms with Gasteiger partial charge in [0.05, 0.1) is 23.7 Å². The van der Waals surface area contributed by atoms with Crippen LogP contribution in [-0.4, -0.2) is 27.5 Å². The lowest BCUT2D eigenvalue weighted by molar-refractivity contribution is -0.155. The first-order chi connectivity index (χ1) is 13.9. The lowest BCUT2D eigenvalue weighted by Crippen LogP contribution is -2.35. The molecule has 1 amide bonds. The van der Waals surface area contributed by atoms with E-state index in [1.165, 1.54) is 30.0 Å². The van der Waals surface area contributed by atoms with Gasteiger partial charge < -0.3 is 10.1 Å². The molecule has 8 heteroatoms. The van der Waals surface area contributed by atoms with E-state index in [0.717, 1.165) is 5.56 Å². The second kappa shape index (κ2) is 9.09. The average molecular weight is 397 g/mol. The number of fused-ring (bicyclic) bond motifs is 1. The smallest absolute Gasteiger partial charge is 0.308 e. The van der Waals surface area contributed by atoms with Crippen LogP contribution in [0.25, 0.3) is 10.9 Å². The fourth-order valence-corrected chi connectivity index (χ4v) is 2.72. The van der Waals surface area contributed by atoms with E-state index in [2.05, 4.69) is 10.3 Å². The van der Waals surface area contributed by atoms with Crippen molar-refractivity contribution in [2.75, 3.05) is 0 Å². The third kappa shape index (κ3) is 5.25. The first-order valence-electron chi connectivity index (χ1n) is 9.10. The number of aromatic nitrogens is 2. The van der Waals surface area contributed by atoms with Gasteiger partial charge in [0, 0.05) is 13.1 Å². The molecule has 1 aromatic heterocycles. The number of benzene rings is 2. The van der Waals surface area contributed by atoms with Crippen LogP contribution in [0.15, 0.2) is 59.7 Å². The van der Waals surface area contributed by atoms with E-state index in [1.54, 1.807) is 36.4 Å². The molecule has 0 aliphatic rings. The normalized spacial score (nSPS) is 11.8. The third-order valence-electron chi connectivity index (χ3n) is 4.35. The predicted octanol–water partition coefficient (Wildman–Crippen LogP) is 2.17. The van der Waals surface area contributed by atoms with Gasteiger partial charge in [-0.3, -0.25) is 19.0 Å². The molecule has 0 radical (unpaired) electrons. The maximum absolute atomic E-state index is 12.9. The molecular formula is C21H20FN3O4. The van der Waals surface area contributed by atoms with E-state index in [9.17, 15) is 18.8 Å². The molecule has 1 atom stereocenters. The Bertz CT molecular complexity index is 1080. The fraction of sp³-hybridized carbons (Fsp3) is 0.238. The maximum atomic E-state index is 12.9. The van der Waals surface area contributed by atoms with Crippen molar-refractivity contribution >= 4 is 22.8 Å². The number of ether oxygens (including phenoxy) is 1. The minimum Gasteiger partial charge on any atom is -0.452 e. The summed E-state index contributed by atoms with van der Waals surface area (Å²) in [5.41, 5.74) is 1.07. The van der Waals surface area contributed by atoms with Crippen molar-refractivity contribution in [1.29, 1.82) is 0 Å². The van der Waals surface area contributed by atoms with Crippen LogP contribution in [0.4, 0.5) is 4.39 Å². The molecule has 1 heterocycles. The Balaban J connectivity index is 1.49. The van der Waals surface area contributed by atoms with Gasteiger partial charge in [0.2, 0.25) is 0 Å². The second-order valence-corrected chi connectivity index (χ2v) is 6.49. The molecule has 0 aliphatic heterocycles. The van der Waals surface area contributed by atoms with Gasteiger partial charge in [-0.05, 0) is 36.8 Å². The molecule has 1 unspecified atom stereocenters. The number of nitrogens with zero attached hydrogens (tertiary/aromatic N) is 2. The number of amides is 1. The topological polar surface area (TPSA) is 90.3 Å². The lowest BCUT2D eigenvalue weighted by Gasteiger charge is -2.14. The van der Waals surface area contributed by atoms with Gasteiger partial charge in [0.15, 0.2) is 6.10 Å². The minimum absolute atomic E-state index is 0.0739. The van der Waals surface area contributed by atoms with Gasteiger partial charge in [0.25, 0.3) is 11.5 Å². The molecule has 1 N–H and O–H groups in total. The van der Waals surface area contributed by atoms with Crippen molar-refractivity contribution in [1.82, 2.24) is 14.9 Å². The fourth-order valence-electron chi connectivity index (χ4n) is 2.72. The van der Waals surface area contributed by atoms with Crippen LogP contribution < -0.4 is 10.9 Å². The Hall–Kier alpha value is -3.55. The highest BCUT2D eigenvalue weighted by Crippen LogP contribution is 2.06. The van der Waals surface area contributed by atoms with Crippen molar-refractivity contribution in [2.24, 2.45) is 0 Å². The summed E-state index contributed by atoms with van der Waals surface area (Å²) < 4.78 is 19.3. The Morgan fingerprint density at radius 2 is 1.90 bits per heavy atom. The number of carbonyl (C=O) groups is 2. The summed E-state index contributed by atoms with van der Waals surface area (Å²) in [5, 5.41) is 3.09. The van der Waals surface area contributed by atoms with Gasteiger partial charge >= 0.3 is 5.97 Å². The summed E-state index contributed by atoms with van der Waals surface area (Å²) in [5.74, 6) is -1.43. The Labute approximate surface area is 166 Å². The van der Waals surface area contributed by atoms with Crippen molar-refractivity contribution < 1.29 is 18.7 Å². The number of hydrogen-bond acceptors (Lipinski definition) is 5. The van der Waals surface area contributed by atoms with Crippen LogP contribution in [0, 0.1) is 5.82 Å². The number of rotatable bonds is 7. The van der Waals surface area contributed by atoms with Crippen LogP contribution in [0.5, 0.6) is 0 Å². The monoisotopic (exact) mass is 397 g/mol. The molecule has 0 saturated carbocycles. The van der Waals surface area contributed by atoms with Crippen molar-refractivity contribution in [3.63, 3.8) is 0 Å². The van der Waals surface area contributed by atoms with Crippen LogP contribution in [0.2, 0.25) is 0 Å². The molecule has 150 valence electrons. The molecular weight excluding hydrogens is 377 g/mol. The lowest BCUT2D eigenvalue weighted by atomic mass is 10.2. The van der Waals surface area contributed by atoms with Gasteiger partial charge in [-0.2, -0.15) is 0 Å². The molecule has 7 nitrogen and oxygen atoms in total. The number of para-hydroxylation sites is 1. The summed E-state index contributed by atoms with van der Waals surface area (Å²) in [6.45, 7) is 1.75. The Kier molecular flexibility index (Phi) is 6.33. The summed E-state index contributed by atoms with van der Waals surface area (Å²) in [6.07, 6.45) is 0.320. The molecule has 3 rings (SSSR count). The number of carbonyl (C=O) groups excluding carboxylic acids is 2. The van der Waals surface area contributed by atoms with Crippen LogP contribution in [0.1, 0.15) is 18.9 Å². The van der Waals surface area contributed by atoms with Gasteiger partial charge in [-0.1, -0.05) is 24.3 Å². The molecule has 0 aliphatic carbocycles. The molecule has 29 heavy (non-hydrogen) atoms. The molecule has 0 fully saturated rings. The molecule has 0 saturated heterocycles. The summed E-state index contributed by atoms with van der Waals surface area (Å²) >= 11 is 0. The van der Waals surface area contributed by atoms with Crippen LogP contribution >= 0.6 is 0 Å². The van der Waals surface area contributed by atoms with Crippen molar-refractivity contribution in [3.05, 3.63) is 76.6 Å². The van der Waals surface area contributed by atoms with Crippen molar-refractivity contribution in [3.8, 4) is 0 Å². The van der Waals surface area contributed by atoms with E-state index >= 15 is 0 Å². The quantitative estimate of drug-likeness (QED) is 0.617. The maximum Gasteiger partial charge on any atom is 0.308 e. The molecule has 2 aromatic carbocycles. The van der Waals surface area contributed by atoms with Gasteiger partial charge in [-0.25, -0.2) is 9.37 Å². The Morgan fingerprint density at radius 3 is 2.66 bits per heavy atom. The highest BCUT2D eigenvalue weighted by Gasteiger charge is 2.17. The third-order valence-corrected chi connectivity index (χ3v) is 4.35. The minimum atomic E-state index is -0.991. The van der Waals surface area contributed by atoms with E-state index < -0.39 is 18.0 Å². The summed E-state index contributed by atoms with van der Waals surface area (Å²) in [6, 6.07) is 12.7. The van der Waals surface area contributed by atoms with Gasteiger partial charge in [0.1, 0.15) is 5.82 Å². The largest absolute Gasteiger partial charge is 0.452 e. The number of nitrogens with one attached hydrogen (secondary N) is 1. The van der Waals surface area contributed by atoms with E-state index in [1.807, 2.05) is 0 Å². The van der Waals surface area contributed by atoms with E-state index in [4.69, 9.17) is 4.74 Å². The number of halogens is 1. The molecule has 3 aromatic rings. The van der Waals surface area contributed by atoms with E-state index in [-0.39, 0.29) is 30.9 Å². The average Bonchev–Trinajstić information content (AvgIpc) is 2.72. The zero-order valence-electron chi connectivity index (χ0n) is 15.8. The second-order valence-electron chi connectivity index (χ2n) is 6.49. The van der Waals surface area contributed by atoms with Crippen molar-refractivity contribution in [2.45, 2.75) is 32.5 Å². The van der Waals surface area contributed by atoms with E-state index in [0.29, 0.717) is 10.9 Å². The molecule has 0 bridgehead atoms. The van der Waals surface area contributed by atoms with Crippen LogP contribution in [0.3, 0.4) is 0 Å². The Morgan fingerprint density at radius 1 is 1.17 bits per heavy atom. The molecule has 0 spiro atoms. The highest BCUT2D eigenvalue weighted by atomic mass is 19.1. The summed E-state index contributed by atoms with van der Waals surface area (Å²) in [4.78, 5) is 40.7. The number of hydrogen-bond donors (Lipinski definition) is 1. The van der Waals surface area contributed by atoms with Gasteiger partial charge in [-0.15, -0.1) is 0 Å². The van der Waals surface area contributed by atoms with Crippen LogP contribution in [-0.2, 0) is 27.4 Å². The zero-order chi connectivity index (χ0) is 20.8. The predicted molar refractivity (Wildman–Crippen MR) is 104 cm³/mol. The summed E-state index contributed by atoms with van der Waals surface area (Å²) in [7, 11) is 0. The number of aryl methyl sites for hydroxylation is 1. The zero-order valence-corrected chi connectivity index (χ0v) is 15.8. The first-order valence-corrected chi connectivity index (χ1v) is 9.10. The highest BCUT2D eigenvalue weighted by molar-refractivity contribution is 5.83.